The van der Waals surface area contributed by atoms with Crippen molar-refractivity contribution in [1.29, 1.82) is 0 Å². The van der Waals surface area contributed by atoms with Crippen LogP contribution in [0.5, 0.6) is 0 Å². The summed E-state index contributed by atoms with van der Waals surface area (Å²) >= 11 is 0. The minimum atomic E-state index is -0.248. The van der Waals surface area contributed by atoms with Gasteiger partial charge < -0.3 is 10.2 Å². The van der Waals surface area contributed by atoms with Crippen molar-refractivity contribution in [2.75, 3.05) is 18.0 Å². The van der Waals surface area contributed by atoms with Crippen LogP contribution < -0.4 is 10.2 Å². The van der Waals surface area contributed by atoms with E-state index in [2.05, 4.69) is 36.0 Å². The van der Waals surface area contributed by atoms with Crippen LogP contribution in [0.15, 0.2) is 12.3 Å². The normalized spacial score (nSPS) is 15.9. The second-order valence-electron chi connectivity index (χ2n) is 6.40. The van der Waals surface area contributed by atoms with Gasteiger partial charge in [-0.05, 0) is 31.4 Å². The van der Waals surface area contributed by atoms with E-state index in [1.807, 2.05) is 0 Å². The topological polar surface area (TPSA) is 28.2 Å². The van der Waals surface area contributed by atoms with Gasteiger partial charge in [-0.15, -0.1) is 0 Å². The number of nitrogens with zero attached hydrogens (tertiary/aromatic N) is 2. The Morgan fingerprint density at radius 2 is 2.10 bits per heavy atom. The summed E-state index contributed by atoms with van der Waals surface area (Å²) in [7, 11) is 0. The Kier molecular flexibility index (Phi) is 5.97. The third-order valence-corrected chi connectivity index (χ3v) is 4.07. The van der Waals surface area contributed by atoms with Crippen LogP contribution in [0.2, 0.25) is 0 Å². The van der Waals surface area contributed by atoms with E-state index in [0.717, 1.165) is 24.5 Å². The van der Waals surface area contributed by atoms with Gasteiger partial charge in [0.15, 0.2) is 0 Å². The average molecular weight is 293 g/mol. The van der Waals surface area contributed by atoms with Crippen LogP contribution >= 0.6 is 0 Å². The summed E-state index contributed by atoms with van der Waals surface area (Å²) in [5, 5.41) is 3.30. The molecule has 0 radical (unpaired) electrons. The number of aromatic nitrogens is 1. The van der Waals surface area contributed by atoms with Gasteiger partial charge in [0.1, 0.15) is 11.6 Å². The third-order valence-electron chi connectivity index (χ3n) is 4.07. The van der Waals surface area contributed by atoms with E-state index in [0.29, 0.717) is 18.5 Å². The first-order valence-electron chi connectivity index (χ1n) is 8.23. The molecule has 0 spiro atoms. The number of anilines is 1. The van der Waals surface area contributed by atoms with Crippen molar-refractivity contribution in [2.24, 2.45) is 5.92 Å². The predicted molar refractivity (Wildman–Crippen MR) is 86.0 cm³/mol. The Hall–Kier alpha value is -1.16. The molecule has 1 fully saturated rings. The predicted octanol–water partition coefficient (Wildman–Crippen LogP) is 3.74. The van der Waals surface area contributed by atoms with Crippen molar-refractivity contribution < 1.29 is 4.39 Å². The largest absolute Gasteiger partial charge is 0.353 e. The fourth-order valence-corrected chi connectivity index (χ4v) is 3.14. The molecule has 3 nitrogen and oxygen atoms in total. The Morgan fingerprint density at radius 1 is 1.38 bits per heavy atom. The van der Waals surface area contributed by atoms with Crippen LogP contribution in [0.4, 0.5) is 10.2 Å². The van der Waals surface area contributed by atoms with Crippen molar-refractivity contribution in [3.63, 3.8) is 0 Å². The van der Waals surface area contributed by atoms with Crippen LogP contribution in [0.3, 0.4) is 0 Å². The molecule has 1 aromatic rings. The van der Waals surface area contributed by atoms with Crippen LogP contribution in [0, 0.1) is 11.7 Å². The van der Waals surface area contributed by atoms with E-state index < -0.39 is 0 Å². The zero-order chi connectivity index (χ0) is 15.2. The SMILES string of the molecule is CCNCc1cc(F)cnc1N(CC(C)C)C1CCCC1. The van der Waals surface area contributed by atoms with E-state index in [4.69, 9.17) is 0 Å². The molecule has 1 aliphatic carbocycles. The monoisotopic (exact) mass is 293 g/mol. The number of hydrogen-bond acceptors (Lipinski definition) is 3. The molecule has 1 aromatic heterocycles. The van der Waals surface area contributed by atoms with Gasteiger partial charge in [-0.3, -0.25) is 0 Å². The highest BCUT2D eigenvalue weighted by atomic mass is 19.1. The van der Waals surface area contributed by atoms with Gasteiger partial charge in [-0.1, -0.05) is 33.6 Å². The molecule has 0 aromatic carbocycles. The zero-order valence-corrected chi connectivity index (χ0v) is 13.5. The van der Waals surface area contributed by atoms with E-state index in [1.54, 1.807) is 6.07 Å². The van der Waals surface area contributed by atoms with E-state index in [9.17, 15) is 4.39 Å². The standard InChI is InChI=1S/C17H28FN3/c1-4-19-10-14-9-15(18)11-20-17(14)21(12-13(2)3)16-7-5-6-8-16/h9,11,13,16,19H,4-8,10,12H2,1-3H3. The van der Waals surface area contributed by atoms with Gasteiger partial charge in [0, 0.05) is 24.7 Å². The number of pyridine rings is 1. The summed E-state index contributed by atoms with van der Waals surface area (Å²) in [5.74, 6) is 1.30. The fourth-order valence-electron chi connectivity index (χ4n) is 3.14. The van der Waals surface area contributed by atoms with E-state index in [1.165, 1.54) is 31.9 Å². The quantitative estimate of drug-likeness (QED) is 0.830. The Labute approximate surface area is 127 Å². The highest BCUT2D eigenvalue weighted by Gasteiger charge is 2.26. The van der Waals surface area contributed by atoms with Crippen LogP contribution in [0.25, 0.3) is 0 Å². The summed E-state index contributed by atoms with van der Waals surface area (Å²) in [6.45, 7) is 9.07. The van der Waals surface area contributed by atoms with Crippen LogP contribution in [-0.4, -0.2) is 24.1 Å². The summed E-state index contributed by atoms with van der Waals surface area (Å²) in [4.78, 5) is 6.86. The lowest BCUT2D eigenvalue weighted by Crippen LogP contribution is -2.38. The molecule has 0 unspecified atom stereocenters. The summed E-state index contributed by atoms with van der Waals surface area (Å²) < 4.78 is 13.6. The summed E-state index contributed by atoms with van der Waals surface area (Å²) in [5.41, 5.74) is 0.976. The van der Waals surface area contributed by atoms with Crippen molar-refractivity contribution in [1.82, 2.24) is 10.3 Å². The molecule has 1 heterocycles. The maximum Gasteiger partial charge on any atom is 0.141 e. The van der Waals surface area contributed by atoms with Crippen molar-refractivity contribution in [3.8, 4) is 0 Å². The zero-order valence-electron chi connectivity index (χ0n) is 13.5. The highest BCUT2D eigenvalue weighted by molar-refractivity contribution is 5.48. The smallest absolute Gasteiger partial charge is 0.141 e. The molecule has 118 valence electrons. The van der Waals surface area contributed by atoms with Gasteiger partial charge in [0.05, 0.1) is 6.20 Å². The molecule has 0 saturated heterocycles. The van der Waals surface area contributed by atoms with Crippen LogP contribution in [-0.2, 0) is 6.54 Å². The fraction of sp³-hybridized carbons (Fsp3) is 0.706. The first kappa shape index (κ1) is 16.2. The van der Waals surface area contributed by atoms with Gasteiger partial charge in [0.2, 0.25) is 0 Å². The van der Waals surface area contributed by atoms with Gasteiger partial charge in [-0.25, -0.2) is 9.37 Å². The minimum absolute atomic E-state index is 0.248. The number of rotatable bonds is 7. The molecular weight excluding hydrogens is 265 g/mol. The van der Waals surface area contributed by atoms with Crippen molar-refractivity contribution in [3.05, 3.63) is 23.6 Å². The van der Waals surface area contributed by atoms with Crippen LogP contribution in [0.1, 0.15) is 52.0 Å². The first-order chi connectivity index (χ1) is 10.1. The lowest BCUT2D eigenvalue weighted by molar-refractivity contribution is 0.525. The lowest BCUT2D eigenvalue weighted by atomic mass is 10.1. The van der Waals surface area contributed by atoms with Gasteiger partial charge in [-0.2, -0.15) is 0 Å². The molecule has 21 heavy (non-hydrogen) atoms. The molecule has 4 heteroatoms. The second kappa shape index (κ2) is 7.74. The maximum absolute atomic E-state index is 13.6. The van der Waals surface area contributed by atoms with Crippen molar-refractivity contribution in [2.45, 2.75) is 59.0 Å². The lowest BCUT2D eigenvalue weighted by Gasteiger charge is -2.33. The number of hydrogen-bond donors (Lipinski definition) is 1. The molecule has 2 rings (SSSR count). The Bertz CT molecular complexity index is 442. The second-order valence-corrected chi connectivity index (χ2v) is 6.40. The molecule has 0 atom stereocenters. The Balaban J connectivity index is 2.28. The molecule has 0 amide bonds. The minimum Gasteiger partial charge on any atom is -0.353 e. The molecule has 1 N–H and O–H groups in total. The molecular formula is C17H28FN3. The average Bonchev–Trinajstić information content (AvgIpc) is 2.97. The van der Waals surface area contributed by atoms with E-state index >= 15 is 0 Å². The van der Waals surface area contributed by atoms with Gasteiger partial charge >= 0.3 is 0 Å². The third kappa shape index (κ3) is 4.40. The Morgan fingerprint density at radius 3 is 2.71 bits per heavy atom. The molecule has 0 bridgehead atoms. The highest BCUT2D eigenvalue weighted by Crippen LogP contribution is 2.30. The van der Waals surface area contributed by atoms with E-state index in [-0.39, 0.29) is 5.82 Å². The summed E-state index contributed by atoms with van der Waals surface area (Å²) in [6, 6.07) is 2.19. The molecule has 1 aliphatic rings. The van der Waals surface area contributed by atoms with Crippen molar-refractivity contribution >= 4 is 5.82 Å². The number of nitrogens with one attached hydrogen (secondary N) is 1. The molecule has 1 saturated carbocycles. The summed E-state index contributed by atoms with van der Waals surface area (Å²) in [6.07, 6.45) is 6.40. The maximum atomic E-state index is 13.6. The first-order valence-corrected chi connectivity index (χ1v) is 8.23. The van der Waals surface area contributed by atoms with Gasteiger partial charge in [0.25, 0.3) is 0 Å². The number of halogens is 1. The molecule has 0 aliphatic heterocycles.